The number of ether oxygens (including phenoxy) is 1. The maximum absolute atomic E-state index is 12.5. The SMILES string of the molecule is O=C(O)Cc1cc(OC(F)(F)F)c(O)c(C(F)F)n1. The van der Waals surface area contributed by atoms with Crippen molar-refractivity contribution in [1.29, 1.82) is 0 Å². The van der Waals surface area contributed by atoms with Crippen molar-refractivity contribution < 1.29 is 41.7 Å². The van der Waals surface area contributed by atoms with Crippen LogP contribution in [0.1, 0.15) is 17.8 Å². The quantitative estimate of drug-likeness (QED) is 0.830. The van der Waals surface area contributed by atoms with Crippen LogP contribution in [0.2, 0.25) is 0 Å². The Morgan fingerprint density at radius 1 is 1.42 bits per heavy atom. The second kappa shape index (κ2) is 5.24. The summed E-state index contributed by atoms with van der Waals surface area (Å²) >= 11 is 0. The third-order valence-electron chi connectivity index (χ3n) is 1.80. The Hall–Kier alpha value is -2.13. The maximum atomic E-state index is 12.5. The lowest BCUT2D eigenvalue weighted by atomic mass is 10.2. The van der Waals surface area contributed by atoms with Crippen molar-refractivity contribution >= 4 is 5.97 Å². The van der Waals surface area contributed by atoms with Crippen LogP contribution in [0.5, 0.6) is 11.5 Å². The topological polar surface area (TPSA) is 79.7 Å². The first-order valence-electron chi connectivity index (χ1n) is 4.58. The van der Waals surface area contributed by atoms with Gasteiger partial charge in [0, 0.05) is 6.07 Å². The number of aromatic nitrogens is 1. The largest absolute Gasteiger partial charge is 0.573 e. The highest BCUT2D eigenvalue weighted by molar-refractivity contribution is 5.70. The molecule has 0 bridgehead atoms. The first-order valence-corrected chi connectivity index (χ1v) is 4.58. The van der Waals surface area contributed by atoms with Gasteiger partial charge in [0.15, 0.2) is 17.2 Å². The molecule has 0 saturated heterocycles. The summed E-state index contributed by atoms with van der Waals surface area (Å²) in [6.07, 6.45) is -9.50. The molecule has 10 heteroatoms. The Morgan fingerprint density at radius 3 is 2.42 bits per heavy atom. The highest BCUT2D eigenvalue weighted by atomic mass is 19.4. The van der Waals surface area contributed by atoms with Crippen LogP contribution in [0.4, 0.5) is 22.0 Å². The zero-order chi connectivity index (χ0) is 14.8. The number of carboxylic acid groups (broad SMARTS) is 1. The van der Waals surface area contributed by atoms with Crippen molar-refractivity contribution in [3.05, 3.63) is 17.5 Å². The number of hydrogen-bond acceptors (Lipinski definition) is 4. The van der Waals surface area contributed by atoms with Crippen molar-refractivity contribution in [2.45, 2.75) is 19.2 Å². The van der Waals surface area contributed by atoms with Crippen LogP contribution in [-0.2, 0) is 11.2 Å². The minimum Gasteiger partial charge on any atom is -0.503 e. The van der Waals surface area contributed by atoms with Gasteiger partial charge in [0.1, 0.15) is 0 Å². The zero-order valence-electron chi connectivity index (χ0n) is 8.91. The molecule has 2 N–H and O–H groups in total. The molecule has 0 radical (unpaired) electrons. The van der Waals surface area contributed by atoms with Gasteiger partial charge < -0.3 is 14.9 Å². The van der Waals surface area contributed by atoms with E-state index in [9.17, 15) is 26.7 Å². The van der Waals surface area contributed by atoms with Crippen LogP contribution in [0.3, 0.4) is 0 Å². The number of aliphatic carboxylic acids is 1. The van der Waals surface area contributed by atoms with Gasteiger partial charge in [0.25, 0.3) is 6.43 Å². The van der Waals surface area contributed by atoms with Crippen molar-refractivity contribution in [3.63, 3.8) is 0 Å². The number of alkyl halides is 5. The summed E-state index contributed by atoms with van der Waals surface area (Å²) in [6.45, 7) is 0. The number of aromatic hydroxyl groups is 1. The Bertz CT molecular complexity index is 488. The molecule has 0 aliphatic heterocycles. The van der Waals surface area contributed by atoms with Crippen molar-refractivity contribution in [2.75, 3.05) is 0 Å². The smallest absolute Gasteiger partial charge is 0.503 e. The molecule has 1 aromatic heterocycles. The summed E-state index contributed by atoms with van der Waals surface area (Å²) in [5.74, 6) is -4.30. The van der Waals surface area contributed by atoms with E-state index in [2.05, 4.69) is 9.72 Å². The summed E-state index contributed by atoms with van der Waals surface area (Å²) in [4.78, 5) is 13.5. The zero-order valence-corrected chi connectivity index (χ0v) is 8.91. The van der Waals surface area contributed by atoms with E-state index in [-0.39, 0.29) is 0 Å². The van der Waals surface area contributed by atoms with Crippen LogP contribution in [0.15, 0.2) is 6.07 Å². The van der Waals surface area contributed by atoms with Gasteiger partial charge in [-0.2, -0.15) is 0 Å². The van der Waals surface area contributed by atoms with E-state index >= 15 is 0 Å². The molecule has 0 fully saturated rings. The van der Waals surface area contributed by atoms with E-state index in [0.717, 1.165) is 0 Å². The molecule has 5 nitrogen and oxygen atoms in total. The average molecular weight is 287 g/mol. The van der Waals surface area contributed by atoms with Crippen LogP contribution in [-0.4, -0.2) is 27.5 Å². The Labute approximate surface area is 102 Å². The molecule has 0 aliphatic carbocycles. The average Bonchev–Trinajstić information content (AvgIpc) is 2.19. The van der Waals surface area contributed by atoms with E-state index in [1.165, 1.54) is 0 Å². The molecule has 1 rings (SSSR count). The van der Waals surface area contributed by atoms with Gasteiger partial charge in [0.2, 0.25) is 0 Å². The van der Waals surface area contributed by atoms with E-state index in [4.69, 9.17) is 10.2 Å². The molecule has 0 saturated carbocycles. The van der Waals surface area contributed by atoms with Gasteiger partial charge in [-0.1, -0.05) is 0 Å². The van der Waals surface area contributed by atoms with Crippen molar-refractivity contribution in [2.24, 2.45) is 0 Å². The van der Waals surface area contributed by atoms with Crippen LogP contribution in [0.25, 0.3) is 0 Å². The highest BCUT2D eigenvalue weighted by Crippen LogP contribution is 2.38. The Balaban J connectivity index is 3.27. The number of rotatable bonds is 4. The molecule has 0 atom stereocenters. The molecule has 19 heavy (non-hydrogen) atoms. The van der Waals surface area contributed by atoms with Gasteiger partial charge in [-0.25, -0.2) is 13.8 Å². The van der Waals surface area contributed by atoms with Crippen LogP contribution in [0, 0.1) is 0 Å². The normalized spacial score (nSPS) is 11.7. The number of nitrogens with zero attached hydrogens (tertiary/aromatic N) is 1. The van der Waals surface area contributed by atoms with Gasteiger partial charge in [-0.05, 0) is 0 Å². The van der Waals surface area contributed by atoms with Crippen molar-refractivity contribution in [1.82, 2.24) is 4.98 Å². The van der Waals surface area contributed by atoms with Crippen LogP contribution < -0.4 is 4.74 Å². The number of hydrogen-bond donors (Lipinski definition) is 2. The number of carboxylic acids is 1. The number of pyridine rings is 1. The minimum absolute atomic E-state index is 0.433. The lowest BCUT2D eigenvalue weighted by Crippen LogP contribution is -2.18. The Morgan fingerprint density at radius 2 is 2.00 bits per heavy atom. The molecule has 0 amide bonds. The molecule has 0 aromatic carbocycles. The fraction of sp³-hybridized carbons (Fsp3) is 0.333. The summed E-state index contributed by atoms with van der Waals surface area (Å²) in [5.41, 5.74) is -1.97. The van der Waals surface area contributed by atoms with Gasteiger partial charge >= 0.3 is 12.3 Å². The van der Waals surface area contributed by atoms with Gasteiger partial charge in [0.05, 0.1) is 12.1 Å². The van der Waals surface area contributed by atoms with E-state index in [0.29, 0.717) is 6.07 Å². The second-order valence-electron chi connectivity index (χ2n) is 3.26. The molecule has 106 valence electrons. The molecule has 1 heterocycles. The first kappa shape index (κ1) is 14.9. The predicted molar refractivity (Wildman–Crippen MR) is 48.9 cm³/mol. The molecular weight excluding hydrogens is 281 g/mol. The standard InChI is InChI=1S/C9H6F5NO4/c10-8(11)6-7(18)4(19-9(12,13)14)1-3(15-6)2-5(16)17/h1,8,18H,2H2,(H,16,17). The summed E-state index contributed by atoms with van der Waals surface area (Å²) in [7, 11) is 0. The highest BCUT2D eigenvalue weighted by Gasteiger charge is 2.34. The van der Waals surface area contributed by atoms with Gasteiger partial charge in [-0.3, -0.25) is 4.79 Å². The third-order valence-corrected chi connectivity index (χ3v) is 1.80. The molecule has 0 unspecified atom stereocenters. The summed E-state index contributed by atoms with van der Waals surface area (Å²) in [6, 6.07) is 0.433. The van der Waals surface area contributed by atoms with Gasteiger partial charge in [-0.15, -0.1) is 13.2 Å². The fourth-order valence-corrected chi connectivity index (χ4v) is 1.19. The third kappa shape index (κ3) is 4.23. The van der Waals surface area contributed by atoms with Crippen LogP contribution >= 0.6 is 0 Å². The minimum atomic E-state index is -5.22. The number of halogens is 5. The molecule has 1 aromatic rings. The molecule has 0 spiro atoms. The summed E-state index contributed by atoms with van der Waals surface area (Å²) < 4.78 is 64.2. The Kier molecular flexibility index (Phi) is 4.12. The maximum Gasteiger partial charge on any atom is 0.573 e. The number of carbonyl (C=O) groups is 1. The molecular formula is C9H6F5NO4. The summed E-state index contributed by atoms with van der Waals surface area (Å²) in [5, 5.41) is 17.6. The van der Waals surface area contributed by atoms with E-state index in [1.807, 2.05) is 0 Å². The second-order valence-corrected chi connectivity index (χ2v) is 3.26. The first-order chi connectivity index (χ1) is 8.60. The predicted octanol–water partition coefficient (Wildman–Crippen LogP) is 2.25. The van der Waals surface area contributed by atoms with Crippen molar-refractivity contribution in [3.8, 4) is 11.5 Å². The lowest BCUT2D eigenvalue weighted by Gasteiger charge is -2.13. The van der Waals surface area contributed by atoms with E-state index < -0.39 is 48.1 Å². The van der Waals surface area contributed by atoms with E-state index in [1.54, 1.807) is 0 Å². The lowest BCUT2D eigenvalue weighted by molar-refractivity contribution is -0.275. The molecule has 0 aliphatic rings. The monoisotopic (exact) mass is 287 g/mol. The fourth-order valence-electron chi connectivity index (χ4n) is 1.19.